The van der Waals surface area contributed by atoms with E-state index in [2.05, 4.69) is 26.3 Å². The monoisotopic (exact) mass is 435 g/mol. The third-order valence-corrected chi connectivity index (χ3v) is 4.97. The van der Waals surface area contributed by atoms with Crippen LogP contribution in [-0.4, -0.2) is 60.8 Å². The molecule has 3 rings (SSSR count). The average Bonchev–Trinajstić information content (AvgIpc) is 3.36. The van der Waals surface area contributed by atoms with E-state index in [-0.39, 0.29) is 17.9 Å². The summed E-state index contributed by atoms with van der Waals surface area (Å²) in [6.07, 6.45) is 1.03. The van der Waals surface area contributed by atoms with E-state index in [9.17, 15) is 14.7 Å². The molecule has 1 aromatic heterocycles. The number of carbonyl (C=O) groups is 2. The highest BCUT2D eigenvalue weighted by Crippen LogP contribution is 2.23. The Balaban J connectivity index is 1.68. The molecule has 10 nitrogen and oxygen atoms in total. The van der Waals surface area contributed by atoms with E-state index in [4.69, 9.17) is 11.6 Å². The second-order valence-electron chi connectivity index (χ2n) is 8.45. The fourth-order valence-corrected chi connectivity index (χ4v) is 3.55. The lowest BCUT2D eigenvalue weighted by atomic mass is 9.89. The summed E-state index contributed by atoms with van der Waals surface area (Å²) in [4.78, 5) is 25.5. The molecule has 11 heteroatoms. The molecule has 2 atom stereocenters. The van der Waals surface area contributed by atoms with Gasteiger partial charge in [-0.3, -0.25) is 14.6 Å². The molecule has 2 aromatic rings. The predicted molar refractivity (Wildman–Crippen MR) is 109 cm³/mol. The summed E-state index contributed by atoms with van der Waals surface area (Å²) in [5.41, 5.74) is 4.09. The summed E-state index contributed by atoms with van der Waals surface area (Å²) in [7, 11) is 0. The first kappa shape index (κ1) is 22.1. The van der Waals surface area contributed by atoms with E-state index < -0.39 is 18.1 Å². The average molecular weight is 436 g/mol. The number of aliphatic hydroxyl groups is 1. The number of nitrogens with one attached hydrogen (secondary N) is 2. The van der Waals surface area contributed by atoms with Crippen molar-refractivity contribution in [1.29, 1.82) is 0 Å². The SMILES string of the molecule is CC(C)(C)C[C@@H](O)C(=O)N1NCC[C@H]1C(=O)NCc1cc(Cl)ccc1-n1cnnn1. The number of aromatic nitrogens is 4. The Morgan fingerprint density at radius 1 is 1.40 bits per heavy atom. The van der Waals surface area contributed by atoms with Crippen LogP contribution in [0.15, 0.2) is 24.5 Å². The number of carbonyl (C=O) groups excluding carboxylic acids is 2. The Morgan fingerprint density at radius 2 is 2.17 bits per heavy atom. The molecule has 0 unspecified atom stereocenters. The molecular formula is C19H26ClN7O3. The molecule has 30 heavy (non-hydrogen) atoms. The van der Waals surface area contributed by atoms with E-state index in [0.717, 1.165) is 5.56 Å². The number of halogens is 1. The van der Waals surface area contributed by atoms with E-state index in [1.807, 2.05) is 20.8 Å². The zero-order valence-electron chi connectivity index (χ0n) is 17.2. The summed E-state index contributed by atoms with van der Waals surface area (Å²) < 4.78 is 1.48. The van der Waals surface area contributed by atoms with Gasteiger partial charge in [0.25, 0.3) is 5.91 Å². The van der Waals surface area contributed by atoms with Crippen LogP contribution in [-0.2, 0) is 16.1 Å². The fourth-order valence-electron chi connectivity index (χ4n) is 3.36. The molecule has 1 fully saturated rings. The molecule has 162 valence electrons. The van der Waals surface area contributed by atoms with Crippen LogP contribution >= 0.6 is 11.6 Å². The van der Waals surface area contributed by atoms with E-state index >= 15 is 0 Å². The molecule has 1 saturated heterocycles. The number of nitrogens with zero attached hydrogens (tertiary/aromatic N) is 5. The van der Waals surface area contributed by atoms with Crippen molar-refractivity contribution in [2.45, 2.75) is 52.3 Å². The second kappa shape index (κ2) is 9.07. The zero-order valence-corrected chi connectivity index (χ0v) is 17.9. The van der Waals surface area contributed by atoms with Gasteiger partial charge in [-0.25, -0.2) is 10.1 Å². The van der Waals surface area contributed by atoms with Crippen LogP contribution in [0.25, 0.3) is 5.69 Å². The Morgan fingerprint density at radius 3 is 2.83 bits per heavy atom. The van der Waals surface area contributed by atoms with Crippen LogP contribution in [0.1, 0.15) is 39.2 Å². The summed E-state index contributed by atoms with van der Waals surface area (Å²) in [6.45, 7) is 6.48. The lowest BCUT2D eigenvalue weighted by molar-refractivity contribution is -0.149. The highest BCUT2D eigenvalue weighted by Gasteiger charge is 2.37. The minimum absolute atomic E-state index is 0.178. The molecule has 0 radical (unpaired) electrons. The molecule has 2 amide bonds. The van der Waals surface area contributed by atoms with Crippen molar-refractivity contribution in [3.05, 3.63) is 35.1 Å². The number of tetrazole rings is 1. The third kappa shape index (κ3) is 5.32. The van der Waals surface area contributed by atoms with E-state index in [1.165, 1.54) is 16.0 Å². The first-order chi connectivity index (χ1) is 14.2. The standard InChI is InChI=1S/C19H26ClN7O3/c1-19(2,3)9-16(28)18(30)27-15(6-7-23-27)17(29)21-10-12-8-13(20)4-5-14(12)26-11-22-24-25-26/h4-5,8,11,15-16,23,28H,6-7,9-10H2,1-3H3,(H,21,29)/t15-,16+/m0/s1. The van der Waals surface area contributed by atoms with Gasteiger partial charge in [0, 0.05) is 18.1 Å². The number of hydrogen-bond donors (Lipinski definition) is 3. The van der Waals surface area contributed by atoms with Crippen molar-refractivity contribution in [3.63, 3.8) is 0 Å². The molecule has 1 aliphatic heterocycles. The van der Waals surface area contributed by atoms with Gasteiger partial charge >= 0.3 is 0 Å². The van der Waals surface area contributed by atoms with Crippen LogP contribution in [0.5, 0.6) is 0 Å². The van der Waals surface area contributed by atoms with Gasteiger partial charge in [0.15, 0.2) is 0 Å². The van der Waals surface area contributed by atoms with Crippen LogP contribution in [0.2, 0.25) is 5.02 Å². The number of rotatable bonds is 6. The van der Waals surface area contributed by atoms with Crippen LogP contribution in [0, 0.1) is 5.41 Å². The van der Waals surface area contributed by atoms with Gasteiger partial charge < -0.3 is 10.4 Å². The summed E-state index contributed by atoms with van der Waals surface area (Å²) in [6, 6.07) is 4.49. The lowest BCUT2D eigenvalue weighted by Gasteiger charge is -2.28. The number of hydrazine groups is 1. The molecule has 2 heterocycles. The molecule has 1 aliphatic rings. The number of hydrogen-bond acceptors (Lipinski definition) is 7. The number of benzene rings is 1. The smallest absolute Gasteiger partial charge is 0.266 e. The van der Waals surface area contributed by atoms with Crippen molar-refractivity contribution in [3.8, 4) is 5.69 Å². The van der Waals surface area contributed by atoms with Gasteiger partial charge in [-0.1, -0.05) is 32.4 Å². The quantitative estimate of drug-likeness (QED) is 0.613. The maximum atomic E-state index is 12.8. The predicted octanol–water partition coefficient (Wildman–Crippen LogP) is 0.834. The highest BCUT2D eigenvalue weighted by molar-refractivity contribution is 6.30. The molecule has 0 bridgehead atoms. The van der Waals surface area contributed by atoms with Gasteiger partial charge in [0.1, 0.15) is 18.5 Å². The molecule has 1 aromatic carbocycles. The second-order valence-corrected chi connectivity index (χ2v) is 8.88. The number of aliphatic hydroxyl groups excluding tert-OH is 1. The molecule has 0 aliphatic carbocycles. The Hall–Kier alpha value is -2.56. The molecular weight excluding hydrogens is 410 g/mol. The Labute approximate surface area is 179 Å². The highest BCUT2D eigenvalue weighted by atomic mass is 35.5. The van der Waals surface area contributed by atoms with Gasteiger partial charge in [0.2, 0.25) is 5.91 Å². The largest absolute Gasteiger partial charge is 0.383 e. The summed E-state index contributed by atoms with van der Waals surface area (Å²) >= 11 is 6.11. The fraction of sp³-hybridized carbons (Fsp3) is 0.526. The first-order valence-electron chi connectivity index (χ1n) is 9.70. The molecule has 0 spiro atoms. The van der Waals surface area contributed by atoms with Gasteiger partial charge in [-0.2, -0.15) is 0 Å². The lowest BCUT2D eigenvalue weighted by Crippen LogP contribution is -2.53. The van der Waals surface area contributed by atoms with Crippen LogP contribution in [0.3, 0.4) is 0 Å². The van der Waals surface area contributed by atoms with Crippen LogP contribution < -0.4 is 10.7 Å². The van der Waals surface area contributed by atoms with Crippen LogP contribution in [0.4, 0.5) is 0 Å². The summed E-state index contributed by atoms with van der Waals surface area (Å²) in [5.74, 6) is -0.821. The van der Waals surface area contributed by atoms with E-state index in [1.54, 1.807) is 18.2 Å². The topological polar surface area (TPSA) is 125 Å². The number of amides is 2. The third-order valence-electron chi connectivity index (χ3n) is 4.73. The minimum atomic E-state index is -1.18. The van der Waals surface area contributed by atoms with Crippen molar-refractivity contribution in [2.24, 2.45) is 5.41 Å². The first-order valence-corrected chi connectivity index (χ1v) is 10.1. The molecule has 3 N–H and O–H groups in total. The normalized spacial score (nSPS) is 17.8. The summed E-state index contributed by atoms with van der Waals surface area (Å²) in [5, 5.41) is 26.0. The van der Waals surface area contributed by atoms with Crippen molar-refractivity contribution in [1.82, 2.24) is 36.0 Å². The van der Waals surface area contributed by atoms with E-state index in [0.29, 0.717) is 30.1 Å². The van der Waals surface area contributed by atoms with Crippen molar-refractivity contribution in [2.75, 3.05) is 6.54 Å². The minimum Gasteiger partial charge on any atom is -0.383 e. The zero-order chi connectivity index (χ0) is 21.9. The van der Waals surface area contributed by atoms with Crippen molar-refractivity contribution < 1.29 is 14.7 Å². The molecule has 0 saturated carbocycles. The van der Waals surface area contributed by atoms with Gasteiger partial charge in [0.05, 0.1) is 5.69 Å². The van der Waals surface area contributed by atoms with Crippen molar-refractivity contribution >= 4 is 23.4 Å². The Kier molecular flexibility index (Phi) is 6.69. The van der Waals surface area contributed by atoms with Gasteiger partial charge in [-0.05, 0) is 52.4 Å². The maximum absolute atomic E-state index is 12.8. The van der Waals surface area contributed by atoms with Gasteiger partial charge in [-0.15, -0.1) is 5.10 Å². The maximum Gasteiger partial charge on any atom is 0.266 e. The Bertz CT molecular complexity index is 898.